The van der Waals surface area contributed by atoms with Crippen molar-refractivity contribution in [2.75, 3.05) is 25.5 Å². The lowest BCUT2D eigenvalue weighted by Gasteiger charge is -2.29. The molecule has 1 aromatic carbocycles. The molecule has 1 aliphatic heterocycles. The van der Waals surface area contributed by atoms with E-state index >= 15 is 0 Å². The van der Waals surface area contributed by atoms with E-state index in [0.717, 1.165) is 18.8 Å². The summed E-state index contributed by atoms with van der Waals surface area (Å²) in [7, 11) is 3.81. The molecule has 0 radical (unpaired) electrons. The monoisotopic (exact) mass is 281 g/mol. The number of pyridine rings is 1. The van der Waals surface area contributed by atoms with Crippen molar-refractivity contribution in [2.24, 2.45) is 0 Å². The molecule has 0 aliphatic carbocycles. The predicted molar refractivity (Wildman–Crippen MR) is 83.5 cm³/mol. The Morgan fingerprint density at radius 1 is 1.14 bits per heavy atom. The van der Waals surface area contributed by atoms with Crippen LogP contribution in [0.15, 0.2) is 42.6 Å². The molecule has 0 saturated heterocycles. The molecule has 2 heterocycles. The first-order chi connectivity index (χ1) is 10.2. The van der Waals surface area contributed by atoms with Crippen LogP contribution in [0, 0.1) is 0 Å². The van der Waals surface area contributed by atoms with Gasteiger partial charge in [0.05, 0.1) is 5.56 Å². The number of amides is 1. The summed E-state index contributed by atoms with van der Waals surface area (Å²) in [4.78, 5) is 20.9. The second-order valence-electron chi connectivity index (χ2n) is 5.51. The van der Waals surface area contributed by atoms with Crippen LogP contribution in [0.1, 0.15) is 21.5 Å². The maximum atomic E-state index is 12.8. The minimum Gasteiger partial charge on any atom is -0.362 e. The number of fused-ring (bicyclic) bond motifs is 1. The van der Waals surface area contributed by atoms with Crippen molar-refractivity contribution in [3.8, 4) is 0 Å². The number of carbonyl (C=O) groups is 1. The third-order valence-corrected chi connectivity index (χ3v) is 3.86. The van der Waals surface area contributed by atoms with Gasteiger partial charge >= 0.3 is 0 Å². The van der Waals surface area contributed by atoms with E-state index in [-0.39, 0.29) is 5.91 Å². The Morgan fingerprint density at radius 2 is 1.90 bits per heavy atom. The minimum atomic E-state index is 0.0568. The molecule has 4 nitrogen and oxygen atoms in total. The molecule has 4 heteroatoms. The maximum absolute atomic E-state index is 12.8. The molecule has 3 rings (SSSR count). The van der Waals surface area contributed by atoms with Crippen molar-refractivity contribution < 1.29 is 4.79 Å². The SMILES string of the molecule is CN(C)c1ncccc1C(=O)N1CCc2ccccc2C1. The third kappa shape index (κ3) is 2.61. The van der Waals surface area contributed by atoms with Crippen molar-refractivity contribution in [1.82, 2.24) is 9.88 Å². The van der Waals surface area contributed by atoms with Crippen molar-refractivity contribution in [3.05, 3.63) is 59.3 Å². The summed E-state index contributed by atoms with van der Waals surface area (Å²) in [6, 6.07) is 12.0. The van der Waals surface area contributed by atoms with Crippen LogP contribution in [0.2, 0.25) is 0 Å². The van der Waals surface area contributed by atoms with Crippen molar-refractivity contribution in [2.45, 2.75) is 13.0 Å². The number of nitrogens with zero attached hydrogens (tertiary/aromatic N) is 3. The summed E-state index contributed by atoms with van der Waals surface area (Å²) >= 11 is 0. The third-order valence-electron chi connectivity index (χ3n) is 3.86. The molecule has 0 N–H and O–H groups in total. The van der Waals surface area contributed by atoms with E-state index in [1.807, 2.05) is 42.1 Å². The van der Waals surface area contributed by atoms with E-state index in [1.54, 1.807) is 6.20 Å². The molecule has 0 spiro atoms. The lowest BCUT2D eigenvalue weighted by molar-refractivity contribution is 0.0735. The van der Waals surface area contributed by atoms with Crippen LogP contribution in [-0.2, 0) is 13.0 Å². The molecule has 2 aromatic rings. The molecule has 1 aliphatic rings. The molecule has 0 unspecified atom stereocenters. The Balaban J connectivity index is 1.88. The fourth-order valence-electron chi connectivity index (χ4n) is 2.76. The highest BCUT2D eigenvalue weighted by atomic mass is 16.2. The summed E-state index contributed by atoms with van der Waals surface area (Å²) < 4.78 is 0. The van der Waals surface area contributed by atoms with Crippen molar-refractivity contribution >= 4 is 11.7 Å². The molecule has 21 heavy (non-hydrogen) atoms. The Hall–Kier alpha value is -2.36. The summed E-state index contributed by atoms with van der Waals surface area (Å²) in [6.45, 7) is 1.44. The number of rotatable bonds is 2. The van der Waals surface area contributed by atoms with Crippen LogP contribution in [0.4, 0.5) is 5.82 Å². The Morgan fingerprint density at radius 3 is 2.67 bits per heavy atom. The van der Waals surface area contributed by atoms with Crippen LogP contribution in [0.25, 0.3) is 0 Å². The molecule has 108 valence electrons. The highest BCUT2D eigenvalue weighted by Crippen LogP contribution is 2.23. The van der Waals surface area contributed by atoms with Gasteiger partial charge in [-0.25, -0.2) is 4.98 Å². The Labute approximate surface area is 125 Å². The topological polar surface area (TPSA) is 36.4 Å². The molecular formula is C17H19N3O. The summed E-state index contributed by atoms with van der Waals surface area (Å²) in [6.07, 6.45) is 2.64. The van der Waals surface area contributed by atoms with E-state index in [0.29, 0.717) is 12.1 Å². The molecule has 0 saturated carbocycles. The van der Waals surface area contributed by atoms with Gasteiger partial charge in [0.15, 0.2) is 0 Å². The molecule has 0 atom stereocenters. The highest BCUT2D eigenvalue weighted by molar-refractivity contribution is 5.98. The van der Waals surface area contributed by atoms with E-state index in [4.69, 9.17) is 0 Å². The number of aromatic nitrogens is 1. The number of hydrogen-bond donors (Lipinski definition) is 0. The first kappa shape index (κ1) is 13.6. The van der Waals surface area contributed by atoms with Gasteiger partial charge in [0.2, 0.25) is 0 Å². The number of hydrogen-bond acceptors (Lipinski definition) is 3. The zero-order valence-corrected chi connectivity index (χ0v) is 12.4. The quantitative estimate of drug-likeness (QED) is 0.848. The average Bonchev–Trinajstić information content (AvgIpc) is 2.53. The van der Waals surface area contributed by atoms with Crippen molar-refractivity contribution in [3.63, 3.8) is 0 Å². The zero-order chi connectivity index (χ0) is 14.8. The standard InChI is InChI=1S/C17H19N3O/c1-19(2)16-15(8-5-10-18-16)17(21)20-11-9-13-6-3-4-7-14(13)12-20/h3-8,10H,9,11-12H2,1-2H3. The lowest BCUT2D eigenvalue weighted by Crippen LogP contribution is -2.36. The molecule has 0 bridgehead atoms. The van der Waals surface area contributed by atoms with Gasteiger partial charge in [0, 0.05) is 33.4 Å². The largest absolute Gasteiger partial charge is 0.362 e. The van der Waals surface area contributed by atoms with Gasteiger partial charge in [0.1, 0.15) is 5.82 Å². The van der Waals surface area contributed by atoms with Crippen LogP contribution in [0.5, 0.6) is 0 Å². The first-order valence-electron chi connectivity index (χ1n) is 7.15. The van der Waals surface area contributed by atoms with Gasteiger partial charge in [-0.1, -0.05) is 24.3 Å². The zero-order valence-electron chi connectivity index (χ0n) is 12.4. The highest BCUT2D eigenvalue weighted by Gasteiger charge is 2.24. The molecule has 1 aromatic heterocycles. The van der Waals surface area contributed by atoms with Crippen LogP contribution in [-0.4, -0.2) is 36.4 Å². The minimum absolute atomic E-state index is 0.0568. The fourth-order valence-corrected chi connectivity index (χ4v) is 2.76. The van der Waals surface area contributed by atoms with E-state index in [2.05, 4.69) is 23.2 Å². The van der Waals surface area contributed by atoms with E-state index in [1.165, 1.54) is 11.1 Å². The average molecular weight is 281 g/mol. The predicted octanol–water partition coefficient (Wildman–Crippen LogP) is 2.35. The molecule has 1 amide bonds. The second kappa shape index (κ2) is 5.56. The van der Waals surface area contributed by atoms with Crippen LogP contribution < -0.4 is 4.90 Å². The van der Waals surface area contributed by atoms with Gasteiger partial charge in [0.25, 0.3) is 5.91 Å². The fraction of sp³-hybridized carbons (Fsp3) is 0.294. The molecular weight excluding hydrogens is 262 g/mol. The molecule has 0 fully saturated rings. The van der Waals surface area contributed by atoms with Crippen molar-refractivity contribution in [1.29, 1.82) is 0 Å². The van der Waals surface area contributed by atoms with Gasteiger partial charge in [-0.15, -0.1) is 0 Å². The summed E-state index contributed by atoms with van der Waals surface area (Å²) in [5, 5.41) is 0. The number of anilines is 1. The normalized spacial score (nSPS) is 13.7. The second-order valence-corrected chi connectivity index (χ2v) is 5.51. The van der Waals surface area contributed by atoms with Gasteiger partial charge in [-0.3, -0.25) is 4.79 Å². The van der Waals surface area contributed by atoms with Crippen LogP contribution >= 0.6 is 0 Å². The van der Waals surface area contributed by atoms with Crippen LogP contribution in [0.3, 0.4) is 0 Å². The number of benzene rings is 1. The smallest absolute Gasteiger partial charge is 0.257 e. The van der Waals surface area contributed by atoms with Gasteiger partial charge < -0.3 is 9.80 Å². The Kier molecular flexibility index (Phi) is 3.60. The number of carbonyl (C=O) groups excluding carboxylic acids is 1. The maximum Gasteiger partial charge on any atom is 0.257 e. The summed E-state index contributed by atoms with van der Waals surface area (Å²) in [5.41, 5.74) is 3.26. The summed E-state index contributed by atoms with van der Waals surface area (Å²) in [5.74, 6) is 0.780. The first-order valence-corrected chi connectivity index (χ1v) is 7.15. The Bertz CT molecular complexity index is 667. The van der Waals surface area contributed by atoms with Gasteiger partial charge in [-0.2, -0.15) is 0 Å². The van der Waals surface area contributed by atoms with E-state index in [9.17, 15) is 4.79 Å². The van der Waals surface area contributed by atoms with E-state index < -0.39 is 0 Å². The van der Waals surface area contributed by atoms with Gasteiger partial charge in [-0.05, 0) is 29.7 Å². The lowest BCUT2D eigenvalue weighted by atomic mass is 9.99.